The number of H-pyrrole nitrogens is 1. The summed E-state index contributed by atoms with van der Waals surface area (Å²) in [6.07, 6.45) is 2.05. The number of hydrogen-bond acceptors (Lipinski definition) is 4. The Morgan fingerprint density at radius 1 is 1.12 bits per heavy atom. The van der Waals surface area contributed by atoms with E-state index in [0.717, 1.165) is 21.9 Å². The van der Waals surface area contributed by atoms with Gasteiger partial charge >= 0.3 is 0 Å². The Kier molecular flexibility index (Phi) is 6.68. The number of nitrogens with one attached hydrogen (secondary N) is 2. The Balaban J connectivity index is 1.60. The van der Waals surface area contributed by atoms with Crippen molar-refractivity contribution in [3.63, 3.8) is 0 Å². The van der Waals surface area contributed by atoms with Crippen LogP contribution >= 0.6 is 23.4 Å². The van der Waals surface area contributed by atoms with E-state index in [9.17, 15) is 4.79 Å². The molecule has 5 nitrogen and oxygen atoms in total. The highest BCUT2D eigenvalue weighted by Crippen LogP contribution is 2.28. The van der Waals surface area contributed by atoms with Gasteiger partial charge in [-0.1, -0.05) is 54.1 Å². The first-order chi connectivity index (χ1) is 12.7. The first-order valence-electron chi connectivity index (χ1n) is 8.28. The third-order valence-electron chi connectivity index (χ3n) is 3.93. The maximum absolute atomic E-state index is 12.4. The van der Waals surface area contributed by atoms with Crippen LogP contribution in [0.25, 0.3) is 0 Å². The summed E-state index contributed by atoms with van der Waals surface area (Å²) in [5, 5.41) is 14.8. The molecule has 0 aliphatic heterocycles. The summed E-state index contributed by atoms with van der Waals surface area (Å²) >= 11 is 7.55. The molecule has 1 amide bonds. The van der Waals surface area contributed by atoms with E-state index in [1.807, 2.05) is 54.6 Å². The number of hydrogen-bond donors (Lipinski definition) is 2. The monoisotopic (exact) mass is 386 g/mol. The Morgan fingerprint density at radius 2 is 1.85 bits per heavy atom. The van der Waals surface area contributed by atoms with E-state index in [0.29, 0.717) is 18.0 Å². The lowest BCUT2D eigenvalue weighted by Gasteiger charge is -2.18. The second-order valence-corrected chi connectivity index (χ2v) is 7.28. The molecule has 3 aromatic rings. The number of aromatic nitrogens is 3. The molecule has 0 fully saturated rings. The smallest absolute Gasteiger partial charge is 0.220 e. The van der Waals surface area contributed by atoms with Gasteiger partial charge < -0.3 is 5.32 Å². The predicted molar refractivity (Wildman–Crippen MR) is 104 cm³/mol. The summed E-state index contributed by atoms with van der Waals surface area (Å²) in [7, 11) is 0. The Morgan fingerprint density at radius 3 is 2.54 bits per heavy atom. The molecule has 134 valence electrons. The summed E-state index contributed by atoms with van der Waals surface area (Å²) < 4.78 is 0. The number of carbonyl (C=O) groups is 1. The van der Waals surface area contributed by atoms with Crippen LogP contribution in [0.5, 0.6) is 0 Å². The minimum atomic E-state index is -0.00309. The standard InChI is InChI=1S/C19H19ClN4OS/c20-16-8-6-15(7-9-16)17(14-4-2-1-3-5-14)12-18(25)21-10-11-26-19-13-22-24-23-19/h1-9,13,17H,10-12H2,(H,21,25)(H,22,23,24)/t17-/m0/s1. The van der Waals surface area contributed by atoms with Gasteiger partial charge in [-0.2, -0.15) is 10.3 Å². The van der Waals surface area contributed by atoms with Crippen molar-refractivity contribution in [3.05, 3.63) is 76.9 Å². The molecule has 0 unspecified atom stereocenters. The number of halogens is 1. The molecule has 0 saturated carbocycles. The molecule has 0 bridgehead atoms. The van der Waals surface area contributed by atoms with Crippen LogP contribution in [0.4, 0.5) is 0 Å². The fourth-order valence-corrected chi connectivity index (χ4v) is 3.44. The van der Waals surface area contributed by atoms with Crippen molar-refractivity contribution in [1.82, 2.24) is 20.7 Å². The number of nitrogens with zero attached hydrogens (tertiary/aromatic N) is 2. The van der Waals surface area contributed by atoms with E-state index in [2.05, 4.69) is 20.7 Å². The molecule has 0 spiro atoms. The van der Waals surface area contributed by atoms with Crippen LogP contribution in [0.3, 0.4) is 0 Å². The molecule has 1 heterocycles. The van der Waals surface area contributed by atoms with Crippen LogP contribution in [0.1, 0.15) is 23.5 Å². The molecule has 2 N–H and O–H groups in total. The predicted octanol–water partition coefficient (Wildman–Crippen LogP) is 3.89. The van der Waals surface area contributed by atoms with Crippen molar-refractivity contribution in [3.8, 4) is 0 Å². The average molecular weight is 387 g/mol. The summed E-state index contributed by atoms with van der Waals surface area (Å²) in [6, 6.07) is 17.7. The van der Waals surface area contributed by atoms with Crippen LogP contribution in [0, 0.1) is 0 Å². The summed E-state index contributed by atoms with van der Waals surface area (Å²) in [5.74, 6) is 0.765. The fraction of sp³-hybridized carbons (Fsp3) is 0.211. The van der Waals surface area contributed by atoms with Gasteiger partial charge in [0.2, 0.25) is 5.91 Å². The van der Waals surface area contributed by atoms with E-state index >= 15 is 0 Å². The van der Waals surface area contributed by atoms with Gasteiger partial charge in [-0.3, -0.25) is 4.79 Å². The van der Waals surface area contributed by atoms with Gasteiger partial charge in [-0.25, -0.2) is 0 Å². The normalized spacial score (nSPS) is 11.9. The Labute approximate surface area is 161 Å². The van der Waals surface area contributed by atoms with Crippen molar-refractivity contribution in [2.45, 2.75) is 17.4 Å². The lowest BCUT2D eigenvalue weighted by molar-refractivity contribution is -0.121. The van der Waals surface area contributed by atoms with Crippen molar-refractivity contribution in [1.29, 1.82) is 0 Å². The topological polar surface area (TPSA) is 70.7 Å². The van der Waals surface area contributed by atoms with Gasteiger partial charge in [0.15, 0.2) is 0 Å². The van der Waals surface area contributed by atoms with Gasteiger partial charge in [-0.05, 0) is 23.3 Å². The highest BCUT2D eigenvalue weighted by molar-refractivity contribution is 7.99. The van der Waals surface area contributed by atoms with E-state index in [1.54, 1.807) is 18.0 Å². The molecule has 26 heavy (non-hydrogen) atoms. The Bertz CT molecular complexity index is 809. The minimum absolute atomic E-state index is 0.00309. The molecular formula is C19H19ClN4OS. The summed E-state index contributed by atoms with van der Waals surface area (Å²) in [5.41, 5.74) is 2.19. The van der Waals surface area contributed by atoms with Crippen molar-refractivity contribution < 1.29 is 4.79 Å². The highest BCUT2D eigenvalue weighted by atomic mass is 35.5. The van der Waals surface area contributed by atoms with Crippen molar-refractivity contribution in [2.24, 2.45) is 0 Å². The van der Waals surface area contributed by atoms with Crippen molar-refractivity contribution in [2.75, 3.05) is 12.3 Å². The maximum Gasteiger partial charge on any atom is 0.220 e. The molecule has 0 radical (unpaired) electrons. The second kappa shape index (κ2) is 9.40. The zero-order valence-corrected chi connectivity index (χ0v) is 15.6. The average Bonchev–Trinajstić information content (AvgIpc) is 3.18. The third-order valence-corrected chi connectivity index (χ3v) is 5.08. The van der Waals surface area contributed by atoms with E-state index in [4.69, 9.17) is 11.6 Å². The molecular weight excluding hydrogens is 368 g/mol. The quantitative estimate of drug-likeness (QED) is 0.455. The second-order valence-electron chi connectivity index (χ2n) is 5.73. The third kappa shape index (κ3) is 5.34. The lowest BCUT2D eigenvalue weighted by atomic mass is 9.88. The number of carbonyl (C=O) groups excluding carboxylic acids is 1. The number of rotatable bonds is 8. The number of benzene rings is 2. The number of aromatic amines is 1. The zero-order chi connectivity index (χ0) is 18.2. The number of thioether (sulfide) groups is 1. The first kappa shape index (κ1) is 18.5. The zero-order valence-electron chi connectivity index (χ0n) is 14.1. The SMILES string of the molecule is O=C(C[C@@H](c1ccccc1)c1ccc(Cl)cc1)NCCSc1cn[nH]n1. The minimum Gasteiger partial charge on any atom is -0.355 e. The van der Waals surface area contributed by atoms with E-state index < -0.39 is 0 Å². The van der Waals surface area contributed by atoms with E-state index in [1.165, 1.54) is 0 Å². The fourth-order valence-electron chi connectivity index (χ4n) is 2.67. The molecule has 0 aliphatic carbocycles. The maximum atomic E-state index is 12.4. The van der Waals surface area contributed by atoms with Crippen LogP contribution in [-0.2, 0) is 4.79 Å². The molecule has 2 aromatic carbocycles. The summed E-state index contributed by atoms with van der Waals surface area (Å²) in [4.78, 5) is 12.4. The number of amides is 1. The van der Waals surface area contributed by atoms with Gasteiger partial charge in [0.25, 0.3) is 0 Å². The molecule has 1 atom stereocenters. The van der Waals surface area contributed by atoms with Gasteiger partial charge in [-0.15, -0.1) is 16.9 Å². The van der Waals surface area contributed by atoms with Gasteiger partial charge in [0.05, 0.1) is 6.20 Å². The summed E-state index contributed by atoms with van der Waals surface area (Å²) in [6.45, 7) is 0.582. The van der Waals surface area contributed by atoms with Crippen LogP contribution in [0.2, 0.25) is 5.02 Å². The van der Waals surface area contributed by atoms with Crippen LogP contribution < -0.4 is 5.32 Å². The molecule has 1 aromatic heterocycles. The first-order valence-corrected chi connectivity index (χ1v) is 9.64. The molecule has 0 aliphatic rings. The van der Waals surface area contributed by atoms with Crippen molar-refractivity contribution >= 4 is 29.3 Å². The van der Waals surface area contributed by atoms with Crippen LogP contribution in [-0.4, -0.2) is 33.6 Å². The highest BCUT2D eigenvalue weighted by Gasteiger charge is 2.18. The lowest BCUT2D eigenvalue weighted by Crippen LogP contribution is -2.27. The van der Waals surface area contributed by atoms with E-state index in [-0.39, 0.29) is 11.8 Å². The van der Waals surface area contributed by atoms with Gasteiger partial charge in [0.1, 0.15) is 5.03 Å². The molecule has 3 rings (SSSR count). The molecule has 7 heteroatoms. The Hall–Kier alpha value is -2.31. The van der Waals surface area contributed by atoms with Gasteiger partial charge in [0, 0.05) is 29.7 Å². The van der Waals surface area contributed by atoms with Crippen LogP contribution in [0.15, 0.2) is 65.8 Å². The molecule has 0 saturated heterocycles. The largest absolute Gasteiger partial charge is 0.355 e.